The normalized spacial score (nSPS) is 13.3. The van der Waals surface area contributed by atoms with Crippen LogP contribution in [-0.2, 0) is 14.3 Å². The third-order valence-electron chi connectivity index (χ3n) is 3.68. The number of amides is 3. The number of ether oxygens (including phenoxy) is 3. The van der Waals surface area contributed by atoms with E-state index in [1.807, 2.05) is 0 Å². The number of esters is 1. The van der Waals surface area contributed by atoms with Crippen molar-refractivity contribution in [1.82, 2.24) is 10.6 Å². The molecule has 0 radical (unpaired) electrons. The number of rotatable bonds is 9. The lowest BCUT2D eigenvalue weighted by Gasteiger charge is -2.12. The van der Waals surface area contributed by atoms with Crippen molar-refractivity contribution in [3.63, 3.8) is 0 Å². The van der Waals surface area contributed by atoms with Crippen LogP contribution >= 0.6 is 0 Å². The lowest BCUT2D eigenvalue weighted by molar-refractivity contribution is -0.143. The highest BCUT2D eigenvalue weighted by molar-refractivity contribution is 5.96. The topological polar surface area (TPSA) is 103 Å². The van der Waals surface area contributed by atoms with Crippen LogP contribution in [0.15, 0.2) is 24.3 Å². The van der Waals surface area contributed by atoms with Crippen LogP contribution in [0.2, 0.25) is 0 Å². The van der Waals surface area contributed by atoms with Gasteiger partial charge in [-0.25, -0.2) is 9.59 Å². The van der Waals surface area contributed by atoms with E-state index in [9.17, 15) is 14.4 Å². The van der Waals surface area contributed by atoms with Crippen LogP contribution in [0.25, 0.3) is 6.08 Å². The number of carbonyl (C=O) groups is 3. The van der Waals surface area contributed by atoms with Gasteiger partial charge in [0.05, 0.1) is 13.7 Å². The van der Waals surface area contributed by atoms with E-state index < -0.39 is 24.5 Å². The van der Waals surface area contributed by atoms with E-state index in [2.05, 4.69) is 24.5 Å². The maximum Gasteiger partial charge on any atom is 0.331 e. The average Bonchev–Trinajstić information content (AvgIpc) is 3.46. The molecule has 0 heterocycles. The minimum atomic E-state index is -0.697. The number of benzene rings is 1. The molecule has 1 aliphatic carbocycles. The van der Waals surface area contributed by atoms with Gasteiger partial charge in [0.15, 0.2) is 18.1 Å². The lowest BCUT2D eigenvalue weighted by Crippen LogP contribution is -2.42. The summed E-state index contributed by atoms with van der Waals surface area (Å²) in [4.78, 5) is 34.7. The fourth-order valence-electron chi connectivity index (χ4n) is 2.12. The van der Waals surface area contributed by atoms with Crippen molar-refractivity contribution in [2.45, 2.75) is 32.7 Å². The molecule has 0 atom stereocenters. The van der Waals surface area contributed by atoms with Gasteiger partial charge < -0.3 is 19.5 Å². The Morgan fingerprint density at radius 2 is 1.96 bits per heavy atom. The molecule has 0 aromatic heterocycles. The van der Waals surface area contributed by atoms with Crippen molar-refractivity contribution in [3.8, 4) is 11.5 Å². The van der Waals surface area contributed by atoms with E-state index in [0.29, 0.717) is 29.6 Å². The van der Waals surface area contributed by atoms with Crippen molar-refractivity contribution >= 4 is 24.0 Å². The van der Waals surface area contributed by atoms with Crippen molar-refractivity contribution in [2.75, 3.05) is 20.3 Å². The number of imide groups is 1. The first-order valence-corrected chi connectivity index (χ1v) is 9.13. The lowest BCUT2D eigenvalue weighted by atomic mass is 10.2. The molecular formula is C20H26N2O6. The zero-order chi connectivity index (χ0) is 20.5. The molecule has 1 fully saturated rings. The summed E-state index contributed by atoms with van der Waals surface area (Å²) >= 11 is 0. The summed E-state index contributed by atoms with van der Waals surface area (Å²) in [5.41, 5.74) is 0.707. The fourth-order valence-corrected chi connectivity index (χ4v) is 2.12. The second-order valence-electron chi connectivity index (χ2n) is 6.85. The first kappa shape index (κ1) is 21.3. The quantitative estimate of drug-likeness (QED) is 0.495. The van der Waals surface area contributed by atoms with Gasteiger partial charge in [0.2, 0.25) is 0 Å². The predicted molar refractivity (Wildman–Crippen MR) is 103 cm³/mol. The molecule has 1 aliphatic rings. The van der Waals surface area contributed by atoms with Gasteiger partial charge in [0, 0.05) is 12.1 Å². The Bertz CT molecular complexity index is 740. The molecule has 28 heavy (non-hydrogen) atoms. The molecule has 0 spiro atoms. The Morgan fingerprint density at radius 3 is 2.61 bits per heavy atom. The Labute approximate surface area is 164 Å². The van der Waals surface area contributed by atoms with Gasteiger partial charge in [-0.05, 0) is 42.5 Å². The number of nitrogens with one attached hydrogen (secondary N) is 2. The largest absolute Gasteiger partial charge is 0.493 e. The van der Waals surface area contributed by atoms with Crippen LogP contribution in [0, 0.1) is 5.92 Å². The Hall–Kier alpha value is -3.03. The van der Waals surface area contributed by atoms with E-state index in [1.54, 1.807) is 18.2 Å². The highest BCUT2D eigenvalue weighted by Gasteiger charge is 2.24. The van der Waals surface area contributed by atoms with Crippen LogP contribution in [-0.4, -0.2) is 44.3 Å². The van der Waals surface area contributed by atoms with E-state index in [0.717, 1.165) is 12.8 Å². The van der Waals surface area contributed by atoms with Crippen LogP contribution in [0.3, 0.4) is 0 Å². The molecule has 3 amide bonds. The second kappa shape index (κ2) is 10.3. The van der Waals surface area contributed by atoms with E-state index in [4.69, 9.17) is 14.2 Å². The molecule has 8 heteroatoms. The standard InChI is InChI=1S/C20H26N2O6/c1-13(2)11-27-16-8-4-14(10-17(16)26-3)5-9-19(24)28-12-18(23)22-20(25)21-15-6-7-15/h4-5,8-10,13,15H,6-7,11-12H2,1-3H3,(H2,21,22,23,25)/b9-5+. The summed E-state index contributed by atoms with van der Waals surface area (Å²) < 4.78 is 15.8. The number of methoxy groups -OCH3 is 1. The van der Waals surface area contributed by atoms with Gasteiger partial charge in [-0.2, -0.15) is 0 Å². The smallest absolute Gasteiger partial charge is 0.331 e. The molecule has 152 valence electrons. The monoisotopic (exact) mass is 390 g/mol. The Morgan fingerprint density at radius 1 is 1.21 bits per heavy atom. The Balaban J connectivity index is 1.80. The van der Waals surface area contributed by atoms with Crippen LogP contribution in [0.1, 0.15) is 32.3 Å². The minimum absolute atomic E-state index is 0.137. The molecule has 0 unspecified atom stereocenters. The zero-order valence-electron chi connectivity index (χ0n) is 16.3. The maximum atomic E-state index is 11.7. The van der Waals surface area contributed by atoms with Gasteiger partial charge in [0.1, 0.15) is 0 Å². The molecule has 0 saturated heterocycles. The first-order chi connectivity index (χ1) is 13.4. The van der Waals surface area contributed by atoms with Crippen LogP contribution in [0.4, 0.5) is 4.79 Å². The summed E-state index contributed by atoms with van der Waals surface area (Å²) in [5, 5.41) is 4.70. The molecule has 0 aliphatic heterocycles. The van der Waals surface area contributed by atoms with Gasteiger partial charge in [-0.1, -0.05) is 19.9 Å². The van der Waals surface area contributed by atoms with Crippen molar-refractivity contribution in [2.24, 2.45) is 5.92 Å². The zero-order valence-corrected chi connectivity index (χ0v) is 16.3. The fraction of sp³-hybridized carbons (Fsp3) is 0.450. The van der Waals surface area contributed by atoms with Crippen LogP contribution in [0.5, 0.6) is 11.5 Å². The number of hydrogen-bond donors (Lipinski definition) is 2. The SMILES string of the molecule is COc1cc(/C=C/C(=O)OCC(=O)NC(=O)NC2CC2)ccc1OCC(C)C. The van der Waals surface area contributed by atoms with Gasteiger partial charge in [-0.15, -0.1) is 0 Å². The highest BCUT2D eigenvalue weighted by atomic mass is 16.5. The minimum Gasteiger partial charge on any atom is -0.493 e. The molecule has 1 aromatic rings. The summed E-state index contributed by atoms with van der Waals surface area (Å²) in [6.07, 6.45) is 4.56. The van der Waals surface area contributed by atoms with Gasteiger partial charge >= 0.3 is 12.0 Å². The second-order valence-corrected chi connectivity index (χ2v) is 6.85. The highest BCUT2D eigenvalue weighted by Crippen LogP contribution is 2.29. The van der Waals surface area contributed by atoms with Crippen molar-refractivity contribution in [1.29, 1.82) is 0 Å². The third kappa shape index (κ3) is 7.69. The third-order valence-corrected chi connectivity index (χ3v) is 3.68. The van der Waals surface area contributed by atoms with Gasteiger partial charge in [-0.3, -0.25) is 10.1 Å². The number of urea groups is 1. The average molecular weight is 390 g/mol. The number of hydrogen-bond acceptors (Lipinski definition) is 6. The summed E-state index contributed by atoms with van der Waals surface area (Å²) in [6.45, 7) is 4.13. The Kier molecular flexibility index (Phi) is 7.86. The molecule has 0 bridgehead atoms. The van der Waals surface area contributed by atoms with E-state index in [1.165, 1.54) is 19.3 Å². The summed E-state index contributed by atoms with van der Waals surface area (Å²) in [7, 11) is 1.54. The molecule has 8 nitrogen and oxygen atoms in total. The molecule has 1 saturated carbocycles. The molecule has 2 N–H and O–H groups in total. The predicted octanol–water partition coefficient (Wildman–Crippen LogP) is 2.27. The van der Waals surface area contributed by atoms with Crippen LogP contribution < -0.4 is 20.1 Å². The van der Waals surface area contributed by atoms with E-state index in [-0.39, 0.29) is 6.04 Å². The van der Waals surface area contributed by atoms with Crippen molar-refractivity contribution < 1.29 is 28.6 Å². The molecule has 1 aromatic carbocycles. The first-order valence-electron chi connectivity index (χ1n) is 9.13. The van der Waals surface area contributed by atoms with E-state index >= 15 is 0 Å². The maximum absolute atomic E-state index is 11.7. The summed E-state index contributed by atoms with van der Waals surface area (Å²) in [5.74, 6) is 0.176. The van der Waals surface area contributed by atoms with Crippen molar-refractivity contribution in [3.05, 3.63) is 29.8 Å². The number of carbonyl (C=O) groups excluding carboxylic acids is 3. The molecular weight excluding hydrogens is 364 g/mol. The summed E-state index contributed by atoms with van der Waals surface area (Å²) in [6, 6.07) is 4.83. The van der Waals surface area contributed by atoms with Gasteiger partial charge in [0.25, 0.3) is 5.91 Å². The molecule has 2 rings (SSSR count).